The number of ether oxygens (including phenoxy) is 2. The molecule has 2 saturated heterocycles. The van der Waals surface area contributed by atoms with E-state index in [0.717, 1.165) is 37.4 Å². The van der Waals surface area contributed by atoms with Gasteiger partial charge in [0.15, 0.2) is 5.82 Å². The molecule has 1 aromatic heterocycles. The number of aromatic nitrogens is 2. The second-order valence-corrected chi connectivity index (χ2v) is 9.77. The molecule has 1 aromatic rings. The van der Waals surface area contributed by atoms with Gasteiger partial charge in [-0.05, 0) is 63.4 Å². The standard InChI is InChI=1S/C20H31BrN4O4/c1-12-16(21)23-14(10-26)17(22-12)25-8-6-20(7-9-25)11-28-13(2)15(20)24-18(27)29-19(3,4)5/h13,15,26H,6-11H2,1-5H3,(H,24,27)/t13-,15+/m0/s1. The maximum absolute atomic E-state index is 12.4. The van der Waals surface area contributed by atoms with Crippen molar-refractivity contribution in [2.45, 2.75) is 71.8 Å². The van der Waals surface area contributed by atoms with Crippen molar-refractivity contribution in [2.75, 3.05) is 24.6 Å². The molecule has 2 fully saturated rings. The number of anilines is 1. The minimum Gasteiger partial charge on any atom is -0.444 e. The number of rotatable bonds is 3. The smallest absolute Gasteiger partial charge is 0.407 e. The molecule has 29 heavy (non-hydrogen) atoms. The van der Waals surface area contributed by atoms with E-state index < -0.39 is 11.7 Å². The average molecular weight is 471 g/mol. The molecular weight excluding hydrogens is 440 g/mol. The summed E-state index contributed by atoms with van der Waals surface area (Å²) in [4.78, 5) is 23.6. The molecule has 1 spiro atoms. The van der Waals surface area contributed by atoms with E-state index in [1.807, 2.05) is 34.6 Å². The highest BCUT2D eigenvalue weighted by atomic mass is 79.9. The van der Waals surface area contributed by atoms with Gasteiger partial charge in [-0.15, -0.1) is 0 Å². The van der Waals surface area contributed by atoms with Crippen LogP contribution in [0.15, 0.2) is 4.60 Å². The van der Waals surface area contributed by atoms with Gasteiger partial charge in [0.05, 0.1) is 31.1 Å². The first-order valence-corrected chi connectivity index (χ1v) is 10.8. The van der Waals surface area contributed by atoms with Crippen LogP contribution in [0, 0.1) is 12.3 Å². The molecule has 0 bridgehead atoms. The molecule has 0 saturated carbocycles. The molecule has 0 aromatic carbocycles. The highest BCUT2D eigenvalue weighted by Crippen LogP contribution is 2.43. The number of aliphatic hydroxyl groups excluding tert-OH is 1. The van der Waals surface area contributed by atoms with Crippen LogP contribution < -0.4 is 10.2 Å². The third kappa shape index (κ3) is 4.83. The molecule has 0 aliphatic carbocycles. The second-order valence-electron chi connectivity index (χ2n) is 9.02. The van der Waals surface area contributed by atoms with Crippen molar-refractivity contribution in [1.29, 1.82) is 0 Å². The molecule has 2 aliphatic rings. The molecule has 2 aliphatic heterocycles. The molecule has 3 rings (SSSR count). The summed E-state index contributed by atoms with van der Waals surface area (Å²) in [6.45, 7) is 11.4. The first-order valence-electron chi connectivity index (χ1n) is 10.0. The van der Waals surface area contributed by atoms with E-state index in [9.17, 15) is 9.90 Å². The van der Waals surface area contributed by atoms with Gasteiger partial charge in [0.1, 0.15) is 15.9 Å². The SMILES string of the molecule is Cc1nc(N2CCC3(CC2)CO[C@@H](C)[C@H]3NC(=O)OC(C)(C)C)c(CO)nc1Br. The zero-order valence-corrected chi connectivity index (χ0v) is 19.4. The lowest BCUT2D eigenvalue weighted by Crippen LogP contribution is -2.55. The van der Waals surface area contributed by atoms with Crippen LogP contribution in [0.2, 0.25) is 0 Å². The van der Waals surface area contributed by atoms with Crippen LogP contribution in [0.3, 0.4) is 0 Å². The summed E-state index contributed by atoms with van der Waals surface area (Å²) < 4.78 is 12.1. The van der Waals surface area contributed by atoms with E-state index in [1.165, 1.54) is 0 Å². The van der Waals surface area contributed by atoms with Crippen LogP contribution >= 0.6 is 15.9 Å². The molecule has 2 N–H and O–H groups in total. The van der Waals surface area contributed by atoms with Crippen LogP contribution in [0.25, 0.3) is 0 Å². The number of alkyl carbamates (subject to hydrolysis) is 1. The van der Waals surface area contributed by atoms with Crippen molar-refractivity contribution in [3.8, 4) is 0 Å². The van der Waals surface area contributed by atoms with Gasteiger partial charge in [-0.2, -0.15) is 0 Å². The van der Waals surface area contributed by atoms with Crippen LogP contribution in [-0.4, -0.2) is 58.6 Å². The highest BCUT2D eigenvalue weighted by Gasteiger charge is 2.50. The van der Waals surface area contributed by atoms with Gasteiger partial charge in [0.2, 0.25) is 0 Å². The normalized spacial score (nSPS) is 24.0. The lowest BCUT2D eigenvalue weighted by Gasteiger charge is -2.43. The number of carbonyl (C=O) groups is 1. The van der Waals surface area contributed by atoms with Gasteiger partial charge >= 0.3 is 6.09 Å². The summed E-state index contributed by atoms with van der Waals surface area (Å²) in [7, 11) is 0. The van der Waals surface area contributed by atoms with Crippen molar-refractivity contribution in [3.63, 3.8) is 0 Å². The van der Waals surface area contributed by atoms with Crippen LogP contribution in [0.4, 0.5) is 10.6 Å². The Labute approximate surface area is 180 Å². The summed E-state index contributed by atoms with van der Waals surface area (Å²) >= 11 is 3.38. The molecule has 8 nitrogen and oxygen atoms in total. The fourth-order valence-electron chi connectivity index (χ4n) is 4.18. The first kappa shape index (κ1) is 22.2. The van der Waals surface area contributed by atoms with Gasteiger partial charge in [-0.1, -0.05) is 0 Å². The minimum absolute atomic E-state index is 0.0724. The number of amides is 1. The number of piperidine rings is 1. The fourth-order valence-corrected chi connectivity index (χ4v) is 4.49. The monoisotopic (exact) mass is 470 g/mol. The average Bonchev–Trinajstić information content (AvgIpc) is 2.92. The number of nitrogens with zero attached hydrogens (tertiary/aromatic N) is 3. The third-order valence-corrected chi connectivity index (χ3v) is 6.46. The van der Waals surface area contributed by atoms with Crippen LogP contribution in [0.1, 0.15) is 51.9 Å². The zero-order valence-electron chi connectivity index (χ0n) is 17.8. The Morgan fingerprint density at radius 1 is 1.38 bits per heavy atom. The maximum Gasteiger partial charge on any atom is 0.407 e. The van der Waals surface area contributed by atoms with E-state index in [2.05, 4.69) is 36.1 Å². The van der Waals surface area contributed by atoms with Crippen molar-refractivity contribution < 1.29 is 19.4 Å². The fraction of sp³-hybridized carbons (Fsp3) is 0.750. The van der Waals surface area contributed by atoms with Gasteiger partial charge in [-0.3, -0.25) is 0 Å². The summed E-state index contributed by atoms with van der Waals surface area (Å²) in [6, 6.07) is -0.102. The number of carbonyl (C=O) groups excluding carboxylic acids is 1. The Morgan fingerprint density at radius 3 is 2.62 bits per heavy atom. The number of hydrogen-bond acceptors (Lipinski definition) is 7. The Morgan fingerprint density at radius 2 is 2.03 bits per heavy atom. The largest absolute Gasteiger partial charge is 0.444 e. The molecule has 3 heterocycles. The lowest BCUT2D eigenvalue weighted by molar-refractivity contribution is 0.0434. The van der Waals surface area contributed by atoms with E-state index in [1.54, 1.807) is 0 Å². The Bertz CT molecular complexity index is 760. The molecule has 2 atom stereocenters. The lowest BCUT2D eigenvalue weighted by atomic mass is 9.73. The van der Waals surface area contributed by atoms with Crippen molar-refractivity contribution in [2.24, 2.45) is 5.41 Å². The number of aliphatic hydroxyl groups is 1. The summed E-state index contributed by atoms with van der Waals surface area (Å²) in [6.07, 6.45) is 1.22. The maximum atomic E-state index is 12.4. The minimum atomic E-state index is -0.540. The van der Waals surface area contributed by atoms with E-state index in [-0.39, 0.29) is 24.2 Å². The molecule has 9 heteroatoms. The number of hydrogen-bond donors (Lipinski definition) is 2. The number of halogens is 1. The summed E-state index contributed by atoms with van der Waals surface area (Å²) in [5.74, 6) is 0.728. The Balaban J connectivity index is 1.72. The zero-order chi connectivity index (χ0) is 21.4. The van der Waals surface area contributed by atoms with Gasteiger partial charge in [0.25, 0.3) is 0 Å². The van der Waals surface area contributed by atoms with E-state index >= 15 is 0 Å². The predicted octanol–water partition coefficient (Wildman–Crippen LogP) is 2.94. The topological polar surface area (TPSA) is 96.8 Å². The van der Waals surface area contributed by atoms with E-state index in [4.69, 9.17) is 9.47 Å². The van der Waals surface area contributed by atoms with Crippen molar-refractivity contribution >= 4 is 27.8 Å². The number of nitrogens with one attached hydrogen (secondary N) is 1. The van der Waals surface area contributed by atoms with Gasteiger partial charge in [-0.25, -0.2) is 14.8 Å². The Kier molecular flexibility index (Phi) is 6.41. The first-order chi connectivity index (χ1) is 13.5. The quantitative estimate of drug-likeness (QED) is 0.700. The highest BCUT2D eigenvalue weighted by molar-refractivity contribution is 9.10. The van der Waals surface area contributed by atoms with Crippen LogP contribution in [0.5, 0.6) is 0 Å². The van der Waals surface area contributed by atoms with Gasteiger partial charge < -0.3 is 24.8 Å². The van der Waals surface area contributed by atoms with E-state index in [0.29, 0.717) is 16.9 Å². The van der Waals surface area contributed by atoms with Crippen molar-refractivity contribution in [3.05, 3.63) is 16.0 Å². The van der Waals surface area contributed by atoms with Gasteiger partial charge in [0, 0.05) is 18.5 Å². The van der Waals surface area contributed by atoms with Crippen LogP contribution in [-0.2, 0) is 16.1 Å². The molecule has 0 unspecified atom stereocenters. The summed E-state index contributed by atoms with van der Waals surface area (Å²) in [5.41, 5.74) is 0.685. The number of aryl methyl sites for hydroxylation is 1. The second kappa shape index (κ2) is 8.35. The third-order valence-electron chi connectivity index (χ3n) is 5.71. The Hall–Kier alpha value is -1.45. The molecule has 1 amide bonds. The summed E-state index contributed by atoms with van der Waals surface area (Å²) in [5, 5.41) is 12.8. The predicted molar refractivity (Wildman–Crippen MR) is 113 cm³/mol. The molecule has 0 radical (unpaired) electrons. The molecule has 162 valence electrons. The van der Waals surface area contributed by atoms with Crippen molar-refractivity contribution in [1.82, 2.24) is 15.3 Å². The molecular formula is C20H31BrN4O4.